The van der Waals surface area contributed by atoms with E-state index in [1.807, 2.05) is 35.2 Å². The minimum absolute atomic E-state index is 0.0111. The van der Waals surface area contributed by atoms with Crippen molar-refractivity contribution in [3.8, 4) is 5.75 Å². The summed E-state index contributed by atoms with van der Waals surface area (Å²) in [5.74, 6) is 0.775. The molecule has 0 unspecified atom stereocenters. The fourth-order valence-electron chi connectivity index (χ4n) is 4.13. The van der Waals surface area contributed by atoms with E-state index in [0.29, 0.717) is 25.3 Å². The molecule has 0 radical (unpaired) electrons. The molecule has 0 saturated carbocycles. The lowest BCUT2D eigenvalue weighted by Gasteiger charge is -2.36. The van der Waals surface area contributed by atoms with Crippen LogP contribution < -0.4 is 9.64 Å². The zero-order valence-corrected chi connectivity index (χ0v) is 17.5. The van der Waals surface area contributed by atoms with E-state index in [4.69, 9.17) is 4.74 Å². The molecule has 0 aromatic heterocycles. The third kappa shape index (κ3) is 4.82. The van der Waals surface area contributed by atoms with Crippen LogP contribution in [0.4, 0.5) is 5.69 Å². The molecule has 0 spiro atoms. The monoisotopic (exact) mass is 407 g/mol. The summed E-state index contributed by atoms with van der Waals surface area (Å²) in [5.41, 5.74) is 2.13. The van der Waals surface area contributed by atoms with Gasteiger partial charge in [-0.05, 0) is 31.0 Å². The number of anilines is 1. The number of carbonyl (C=O) groups excluding carboxylic acids is 2. The van der Waals surface area contributed by atoms with Crippen LogP contribution in [-0.2, 0) is 16.1 Å². The van der Waals surface area contributed by atoms with Gasteiger partial charge < -0.3 is 14.5 Å². The summed E-state index contributed by atoms with van der Waals surface area (Å²) in [6, 6.07) is 17.9. The topological polar surface area (TPSA) is 53.1 Å². The molecule has 2 saturated heterocycles. The maximum absolute atomic E-state index is 12.9. The summed E-state index contributed by atoms with van der Waals surface area (Å²) in [5, 5.41) is 0. The van der Waals surface area contributed by atoms with Gasteiger partial charge in [-0.15, -0.1) is 0 Å². The van der Waals surface area contributed by atoms with Crippen LogP contribution in [0.15, 0.2) is 54.6 Å². The Labute approximate surface area is 178 Å². The standard InChI is InChI=1S/C24H29N3O3/c1-19(30-22-10-5-9-21(17-22)27-12-6-11-23(27)28)24(29)26-15-13-25(14-16-26)18-20-7-3-2-4-8-20/h2-5,7-10,17,19H,6,11-16,18H2,1H3/t19-/m0/s1. The second kappa shape index (κ2) is 9.30. The Hall–Kier alpha value is -2.86. The largest absolute Gasteiger partial charge is 0.481 e. The molecule has 2 aromatic carbocycles. The molecule has 2 aliphatic rings. The van der Waals surface area contributed by atoms with Crippen molar-refractivity contribution in [2.75, 3.05) is 37.6 Å². The predicted octanol–water partition coefficient (Wildman–Crippen LogP) is 2.93. The first-order valence-electron chi connectivity index (χ1n) is 10.7. The number of hydrogen-bond donors (Lipinski definition) is 0. The van der Waals surface area contributed by atoms with E-state index >= 15 is 0 Å². The van der Waals surface area contributed by atoms with Crippen LogP contribution in [0.2, 0.25) is 0 Å². The minimum atomic E-state index is -0.560. The van der Waals surface area contributed by atoms with Gasteiger partial charge in [0.2, 0.25) is 5.91 Å². The molecule has 0 aliphatic carbocycles. The van der Waals surface area contributed by atoms with Crippen LogP contribution in [0.5, 0.6) is 5.75 Å². The highest BCUT2D eigenvalue weighted by atomic mass is 16.5. The zero-order valence-electron chi connectivity index (χ0n) is 17.5. The smallest absolute Gasteiger partial charge is 0.263 e. The fraction of sp³-hybridized carbons (Fsp3) is 0.417. The second-order valence-electron chi connectivity index (χ2n) is 7.99. The van der Waals surface area contributed by atoms with E-state index in [2.05, 4.69) is 29.2 Å². The van der Waals surface area contributed by atoms with Crippen LogP contribution in [0.1, 0.15) is 25.3 Å². The van der Waals surface area contributed by atoms with Crippen molar-refractivity contribution < 1.29 is 14.3 Å². The molecule has 4 rings (SSSR count). The molecular weight excluding hydrogens is 378 g/mol. The van der Waals surface area contributed by atoms with E-state index in [-0.39, 0.29) is 11.8 Å². The van der Waals surface area contributed by atoms with Gasteiger partial charge in [-0.25, -0.2) is 0 Å². The molecule has 0 N–H and O–H groups in total. The maximum atomic E-state index is 12.9. The van der Waals surface area contributed by atoms with E-state index < -0.39 is 6.10 Å². The molecule has 1 atom stereocenters. The average Bonchev–Trinajstić information content (AvgIpc) is 3.20. The number of amides is 2. The third-order valence-electron chi connectivity index (χ3n) is 5.80. The number of hydrogen-bond acceptors (Lipinski definition) is 4. The van der Waals surface area contributed by atoms with Crippen molar-refractivity contribution in [2.45, 2.75) is 32.4 Å². The van der Waals surface area contributed by atoms with Crippen LogP contribution in [-0.4, -0.2) is 60.4 Å². The number of carbonyl (C=O) groups is 2. The van der Waals surface area contributed by atoms with Crippen LogP contribution in [0.25, 0.3) is 0 Å². The van der Waals surface area contributed by atoms with Crippen molar-refractivity contribution in [1.82, 2.24) is 9.80 Å². The van der Waals surface area contributed by atoms with Gasteiger partial charge in [-0.2, -0.15) is 0 Å². The van der Waals surface area contributed by atoms with Gasteiger partial charge in [0.25, 0.3) is 5.91 Å². The molecule has 2 amide bonds. The number of nitrogens with zero attached hydrogens (tertiary/aromatic N) is 3. The first-order chi connectivity index (χ1) is 14.6. The Kier molecular flexibility index (Phi) is 6.33. The average molecular weight is 408 g/mol. The highest BCUT2D eigenvalue weighted by Crippen LogP contribution is 2.26. The normalized spacial score (nSPS) is 18.5. The molecule has 30 heavy (non-hydrogen) atoms. The van der Waals surface area contributed by atoms with Gasteiger partial charge in [0.05, 0.1) is 0 Å². The summed E-state index contributed by atoms with van der Waals surface area (Å²) in [6.45, 7) is 6.59. The predicted molar refractivity (Wildman–Crippen MR) is 116 cm³/mol. The number of piperazine rings is 1. The highest BCUT2D eigenvalue weighted by molar-refractivity contribution is 5.95. The number of benzene rings is 2. The SMILES string of the molecule is C[C@H](Oc1cccc(N2CCCC2=O)c1)C(=O)N1CCN(Cc2ccccc2)CC1. The first-order valence-corrected chi connectivity index (χ1v) is 10.7. The lowest BCUT2D eigenvalue weighted by atomic mass is 10.2. The molecule has 6 heteroatoms. The quantitative estimate of drug-likeness (QED) is 0.739. The van der Waals surface area contributed by atoms with E-state index in [1.54, 1.807) is 11.8 Å². The lowest BCUT2D eigenvalue weighted by molar-refractivity contribution is -0.139. The van der Waals surface area contributed by atoms with E-state index in [0.717, 1.165) is 38.3 Å². The molecule has 158 valence electrons. The summed E-state index contributed by atoms with van der Waals surface area (Å²) >= 11 is 0. The third-order valence-corrected chi connectivity index (χ3v) is 5.80. The number of rotatable bonds is 6. The summed E-state index contributed by atoms with van der Waals surface area (Å²) in [4.78, 5) is 30.9. The van der Waals surface area contributed by atoms with Gasteiger partial charge >= 0.3 is 0 Å². The molecule has 0 bridgehead atoms. The van der Waals surface area contributed by atoms with Crippen LogP contribution >= 0.6 is 0 Å². The molecule has 2 fully saturated rings. The zero-order chi connectivity index (χ0) is 20.9. The van der Waals surface area contributed by atoms with Crippen LogP contribution in [0.3, 0.4) is 0 Å². The summed E-state index contributed by atoms with van der Waals surface area (Å²) in [7, 11) is 0. The lowest BCUT2D eigenvalue weighted by Crippen LogP contribution is -2.51. The summed E-state index contributed by atoms with van der Waals surface area (Å²) < 4.78 is 5.94. The van der Waals surface area contributed by atoms with Gasteiger partial charge in [0.15, 0.2) is 6.10 Å². The highest BCUT2D eigenvalue weighted by Gasteiger charge is 2.27. The molecule has 2 heterocycles. The van der Waals surface area contributed by atoms with Crippen LogP contribution in [0, 0.1) is 0 Å². The van der Waals surface area contributed by atoms with Gasteiger partial charge in [0, 0.05) is 57.4 Å². The van der Waals surface area contributed by atoms with Gasteiger partial charge in [-0.1, -0.05) is 36.4 Å². The first kappa shape index (κ1) is 20.4. The van der Waals surface area contributed by atoms with Crippen molar-refractivity contribution in [2.24, 2.45) is 0 Å². The van der Waals surface area contributed by atoms with Crippen molar-refractivity contribution in [3.05, 3.63) is 60.2 Å². The van der Waals surface area contributed by atoms with Crippen molar-refractivity contribution in [3.63, 3.8) is 0 Å². The van der Waals surface area contributed by atoms with Gasteiger partial charge in [-0.3, -0.25) is 14.5 Å². The Balaban J connectivity index is 1.30. The van der Waals surface area contributed by atoms with E-state index in [1.165, 1.54) is 5.56 Å². The maximum Gasteiger partial charge on any atom is 0.263 e. The molecule has 2 aliphatic heterocycles. The molecular formula is C24H29N3O3. The second-order valence-corrected chi connectivity index (χ2v) is 7.99. The Morgan fingerprint density at radius 1 is 1.00 bits per heavy atom. The Bertz CT molecular complexity index is 878. The van der Waals surface area contributed by atoms with E-state index in [9.17, 15) is 9.59 Å². The van der Waals surface area contributed by atoms with Crippen molar-refractivity contribution >= 4 is 17.5 Å². The Morgan fingerprint density at radius 2 is 1.77 bits per heavy atom. The fourth-order valence-corrected chi connectivity index (χ4v) is 4.13. The Morgan fingerprint density at radius 3 is 2.47 bits per heavy atom. The summed E-state index contributed by atoms with van der Waals surface area (Å²) in [6.07, 6.45) is 0.917. The molecule has 6 nitrogen and oxygen atoms in total. The minimum Gasteiger partial charge on any atom is -0.481 e. The van der Waals surface area contributed by atoms with Crippen molar-refractivity contribution in [1.29, 1.82) is 0 Å². The van der Waals surface area contributed by atoms with Gasteiger partial charge in [0.1, 0.15) is 5.75 Å². The molecule has 2 aromatic rings. The number of ether oxygens (including phenoxy) is 1.